The van der Waals surface area contributed by atoms with Gasteiger partial charge in [0.25, 0.3) is 0 Å². The van der Waals surface area contributed by atoms with Crippen molar-refractivity contribution >= 4 is 39.5 Å². The number of aldehydes is 1. The number of halogens is 2. The molecule has 0 heterocycles. The molecule has 0 saturated carbocycles. The van der Waals surface area contributed by atoms with E-state index in [1.807, 2.05) is 6.92 Å². The topological polar surface area (TPSA) is 17.1 Å². The fraction of sp³-hybridized carbons (Fsp3) is 0.833. The molecule has 1 atom stereocenters. The lowest BCUT2D eigenvalue weighted by Gasteiger charge is -2.14. The summed E-state index contributed by atoms with van der Waals surface area (Å²) in [7, 11) is 6.28. The molecular formula is C6H10Cl2OS. The Morgan fingerprint density at radius 1 is 1.70 bits per heavy atom. The monoisotopic (exact) mass is 200 g/mol. The van der Waals surface area contributed by atoms with Crippen molar-refractivity contribution in [2.75, 3.05) is 0 Å². The highest BCUT2D eigenvalue weighted by atomic mass is 35.7. The van der Waals surface area contributed by atoms with Crippen molar-refractivity contribution < 1.29 is 4.79 Å². The van der Waals surface area contributed by atoms with E-state index in [0.717, 1.165) is 23.8 Å². The van der Waals surface area contributed by atoms with Crippen LogP contribution in [0.1, 0.15) is 26.2 Å². The molecule has 0 aliphatic rings. The third-order valence-electron chi connectivity index (χ3n) is 1.18. The Bertz CT molecular complexity index is 110. The number of carbonyl (C=O) groups is 1. The Hall–Kier alpha value is 0.600. The van der Waals surface area contributed by atoms with Crippen molar-refractivity contribution in [2.45, 2.75) is 30.4 Å². The summed E-state index contributed by atoms with van der Waals surface area (Å²) in [5.74, 6) is 0. The number of rotatable bonds is 5. The number of hydrogen-bond acceptors (Lipinski definition) is 2. The minimum atomic E-state index is -0.891. The fourth-order valence-electron chi connectivity index (χ4n) is 0.534. The van der Waals surface area contributed by atoms with Crippen LogP contribution >= 0.6 is 33.3 Å². The quantitative estimate of drug-likeness (QED) is 0.501. The van der Waals surface area contributed by atoms with Gasteiger partial charge in [0, 0.05) is 0 Å². The van der Waals surface area contributed by atoms with Gasteiger partial charge in [-0.3, -0.25) is 0 Å². The summed E-state index contributed by atoms with van der Waals surface area (Å²) in [6.45, 7) is 2.04. The van der Waals surface area contributed by atoms with Crippen molar-refractivity contribution in [2.24, 2.45) is 0 Å². The highest BCUT2D eigenvalue weighted by Gasteiger charge is 2.25. The molecule has 0 aliphatic carbocycles. The molecule has 0 spiro atoms. The first-order valence-corrected chi connectivity index (χ1v) is 5.15. The zero-order chi connectivity index (χ0) is 8.04. The molecular weight excluding hydrogens is 191 g/mol. The van der Waals surface area contributed by atoms with Crippen LogP contribution in [-0.2, 0) is 4.79 Å². The van der Waals surface area contributed by atoms with Crippen LogP contribution in [0.15, 0.2) is 0 Å². The van der Waals surface area contributed by atoms with Gasteiger partial charge in [0.1, 0.15) is 0 Å². The zero-order valence-corrected chi connectivity index (χ0v) is 8.10. The number of hydrogen-bond donors (Lipinski definition) is 0. The average molecular weight is 201 g/mol. The largest absolute Gasteiger partial charge is 0.300 e. The van der Waals surface area contributed by atoms with Gasteiger partial charge in [-0.2, -0.15) is 0 Å². The maximum atomic E-state index is 10.3. The summed E-state index contributed by atoms with van der Waals surface area (Å²) in [6.07, 6.45) is 3.30. The van der Waals surface area contributed by atoms with Gasteiger partial charge in [-0.25, -0.2) is 0 Å². The Balaban J connectivity index is 3.68. The molecule has 4 heteroatoms. The molecule has 0 amide bonds. The molecule has 0 saturated heterocycles. The second-order valence-electron chi connectivity index (χ2n) is 2.08. The van der Waals surface area contributed by atoms with Gasteiger partial charge in [-0.05, 0) is 28.1 Å². The van der Waals surface area contributed by atoms with Crippen molar-refractivity contribution in [3.05, 3.63) is 0 Å². The Morgan fingerprint density at radius 3 is 2.60 bits per heavy atom. The smallest absolute Gasteiger partial charge is 0.159 e. The standard InChI is InChI=1S/C6H10Cl2OS/c1-2-3-4-6(7,5-9)10-8/h5H,2-4H2,1H3. The maximum absolute atomic E-state index is 10.3. The Kier molecular flexibility index (Phi) is 5.59. The van der Waals surface area contributed by atoms with E-state index in [4.69, 9.17) is 22.3 Å². The third-order valence-corrected chi connectivity index (χ3v) is 3.30. The van der Waals surface area contributed by atoms with Gasteiger partial charge in [0.15, 0.2) is 10.5 Å². The van der Waals surface area contributed by atoms with Crippen LogP contribution in [0, 0.1) is 0 Å². The van der Waals surface area contributed by atoms with Crippen LogP contribution in [0.5, 0.6) is 0 Å². The van der Waals surface area contributed by atoms with Gasteiger partial charge < -0.3 is 4.79 Å². The second-order valence-corrected chi connectivity index (χ2v) is 4.33. The van der Waals surface area contributed by atoms with E-state index in [2.05, 4.69) is 0 Å². The van der Waals surface area contributed by atoms with Crippen LogP contribution in [0.2, 0.25) is 0 Å². The van der Waals surface area contributed by atoms with Crippen LogP contribution in [0.25, 0.3) is 0 Å². The molecule has 0 aliphatic heterocycles. The second kappa shape index (κ2) is 5.28. The molecule has 0 N–H and O–H groups in total. The number of carbonyl (C=O) groups excluding carboxylic acids is 1. The van der Waals surface area contributed by atoms with Gasteiger partial charge in [-0.15, -0.1) is 0 Å². The number of alkyl halides is 1. The lowest BCUT2D eigenvalue weighted by molar-refractivity contribution is -0.108. The maximum Gasteiger partial charge on any atom is 0.159 e. The van der Waals surface area contributed by atoms with Crippen LogP contribution < -0.4 is 0 Å². The summed E-state index contributed by atoms with van der Waals surface area (Å²) in [5.41, 5.74) is 0. The Labute approximate surface area is 75.0 Å². The zero-order valence-electron chi connectivity index (χ0n) is 5.77. The van der Waals surface area contributed by atoms with Gasteiger partial charge >= 0.3 is 0 Å². The third kappa shape index (κ3) is 3.69. The van der Waals surface area contributed by atoms with Crippen molar-refractivity contribution in [3.63, 3.8) is 0 Å². The predicted molar refractivity (Wildman–Crippen MR) is 47.6 cm³/mol. The summed E-state index contributed by atoms with van der Waals surface area (Å²) >= 11 is 5.75. The average Bonchev–Trinajstić information content (AvgIpc) is 2.00. The van der Waals surface area contributed by atoms with Crippen molar-refractivity contribution in [1.29, 1.82) is 0 Å². The molecule has 1 nitrogen and oxygen atoms in total. The Morgan fingerprint density at radius 2 is 2.30 bits per heavy atom. The normalized spacial score (nSPS) is 16.3. The summed E-state index contributed by atoms with van der Waals surface area (Å²) in [5, 5.41) is 0. The first-order chi connectivity index (χ1) is 4.68. The predicted octanol–water partition coefficient (Wildman–Crippen LogP) is 3.20. The lowest BCUT2D eigenvalue weighted by Crippen LogP contribution is -2.15. The van der Waals surface area contributed by atoms with Crippen molar-refractivity contribution in [1.82, 2.24) is 0 Å². The van der Waals surface area contributed by atoms with E-state index in [-0.39, 0.29) is 0 Å². The molecule has 10 heavy (non-hydrogen) atoms. The molecule has 0 rings (SSSR count). The van der Waals surface area contributed by atoms with Gasteiger partial charge in [0.2, 0.25) is 0 Å². The minimum Gasteiger partial charge on any atom is -0.300 e. The molecule has 0 aromatic rings. The van der Waals surface area contributed by atoms with E-state index < -0.39 is 4.21 Å². The summed E-state index contributed by atoms with van der Waals surface area (Å²) in [6, 6.07) is 0. The highest BCUT2D eigenvalue weighted by molar-refractivity contribution is 8.23. The van der Waals surface area contributed by atoms with Gasteiger partial charge in [-0.1, -0.05) is 31.4 Å². The molecule has 0 radical (unpaired) electrons. The van der Waals surface area contributed by atoms with Crippen molar-refractivity contribution in [3.8, 4) is 0 Å². The van der Waals surface area contributed by atoms with E-state index in [9.17, 15) is 4.79 Å². The van der Waals surface area contributed by atoms with Crippen LogP contribution in [0.4, 0.5) is 0 Å². The highest BCUT2D eigenvalue weighted by Crippen LogP contribution is 2.35. The molecule has 0 bridgehead atoms. The lowest BCUT2D eigenvalue weighted by atomic mass is 10.2. The van der Waals surface area contributed by atoms with E-state index in [1.54, 1.807) is 0 Å². The number of unbranched alkanes of at least 4 members (excludes halogenated alkanes) is 1. The first kappa shape index (κ1) is 10.6. The van der Waals surface area contributed by atoms with E-state index in [0.29, 0.717) is 12.7 Å². The van der Waals surface area contributed by atoms with E-state index >= 15 is 0 Å². The molecule has 0 aromatic carbocycles. The SMILES string of the molecule is CCCCC(Cl)(C=O)SCl. The minimum absolute atomic E-state index is 0.642. The van der Waals surface area contributed by atoms with Crippen LogP contribution in [-0.4, -0.2) is 10.5 Å². The van der Waals surface area contributed by atoms with E-state index in [1.165, 1.54) is 0 Å². The van der Waals surface area contributed by atoms with Gasteiger partial charge in [0.05, 0.1) is 0 Å². The first-order valence-electron chi connectivity index (χ1n) is 3.13. The molecule has 60 valence electrons. The molecule has 0 fully saturated rings. The summed E-state index contributed by atoms with van der Waals surface area (Å²) in [4.78, 5) is 10.3. The molecule has 1 unspecified atom stereocenters. The molecule has 0 aromatic heterocycles. The fourth-order valence-corrected chi connectivity index (χ4v) is 1.27. The summed E-state index contributed by atoms with van der Waals surface area (Å²) < 4.78 is -0.891. The van der Waals surface area contributed by atoms with Crippen LogP contribution in [0.3, 0.4) is 0 Å².